The Bertz CT molecular complexity index is 593. The molecule has 4 nitrogen and oxygen atoms in total. The predicted octanol–water partition coefficient (Wildman–Crippen LogP) is 3.41. The molecule has 0 saturated heterocycles. The van der Waals surface area contributed by atoms with Crippen molar-refractivity contribution in [3.8, 4) is 0 Å². The van der Waals surface area contributed by atoms with Crippen molar-refractivity contribution in [3.05, 3.63) is 47.1 Å². The highest BCUT2D eigenvalue weighted by Crippen LogP contribution is 2.34. The molecule has 1 aliphatic carbocycles. The largest absolute Gasteiger partial charge is 0.339 e. The first-order valence-corrected chi connectivity index (χ1v) is 7.85. The summed E-state index contributed by atoms with van der Waals surface area (Å²) in [5.74, 6) is 2.82. The van der Waals surface area contributed by atoms with E-state index in [0.717, 1.165) is 17.3 Å². The third-order valence-electron chi connectivity index (χ3n) is 4.47. The van der Waals surface area contributed by atoms with Crippen molar-refractivity contribution >= 4 is 0 Å². The van der Waals surface area contributed by atoms with E-state index in [1.165, 1.54) is 31.2 Å². The van der Waals surface area contributed by atoms with E-state index >= 15 is 0 Å². The lowest BCUT2D eigenvalue weighted by Crippen LogP contribution is -2.12. The minimum Gasteiger partial charge on any atom is -0.339 e. The quantitative estimate of drug-likeness (QED) is 0.935. The van der Waals surface area contributed by atoms with Crippen LogP contribution in [0.4, 0.5) is 0 Å². The zero-order valence-corrected chi connectivity index (χ0v) is 12.6. The summed E-state index contributed by atoms with van der Waals surface area (Å²) in [4.78, 5) is 4.62. The van der Waals surface area contributed by atoms with Crippen molar-refractivity contribution in [2.75, 3.05) is 0 Å². The maximum absolute atomic E-state index is 5.78. The summed E-state index contributed by atoms with van der Waals surface area (Å²) in [6.45, 7) is 2.85. The van der Waals surface area contributed by atoms with E-state index in [-0.39, 0.29) is 0 Å². The second kappa shape index (κ2) is 6.39. The molecule has 21 heavy (non-hydrogen) atoms. The zero-order chi connectivity index (χ0) is 14.7. The fraction of sp³-hybridized carbons (Fsp3) is 0.529. The third kappa shape index (κ3) is 3.32. The first kappa shape index (κ1) is 14.3. The van der Waals surface area contributed by atoms with Gasteiger partial charge in [0.15, 0.2) is 5.82 Å². The predicted molar refractivity (Wildman–Crippen MR) is 81.8 cm³/mol. The van der Waals surface area contributed by atoms with Crippen LogP contribution in [0, 0.1) is 5.92 Å². The van der Waals surface area contributed by atoms with Crippen molar-refractivity contribution < 1.29 is 4.52 Å². The number of hydrogen-bond acceptors (Lipinski definition) is 4. The van der Waals surface area contributed by atoms with E-state index in [0.29, 0.717) is 24.8 Å². The summed E-state index contributed by atoms with van der Waals surface area (Å²) >= 11 is 0. The molecule has 1 saturated carbocycles. The Morgan fingerprint density at radius 2 is 2.05 bits per heavy atom. The van der Waals surface area contributed by atoms with Crippen LogP contribution in [-0.4, -0.2) is 10.1 Å². The maximum Gasteiger partial charge on any atom is 0.231 e. The first-order valence-electron chi connectivity index (χ1n) is 7.85. The molecule has 1 aromatic carbocycles. The molecule has 112 valence electrons. The van der Waals surface area contributed by atoms with Crippen LogP contribution in [-0.2, 0) is 13.0 Å². The standard InChI is InChI=1S/C17H23N3O/c1-12-5-4-8-14(9-12)17-19-16(21-20-17)10-13-6-2-3-7-15(13)11-18/h2-3,6-7,12,14H,4-5,8-11,18H2,1H3. The molecule has 0 amide bonds. The molecule has 2 aromatic rings. The molecule has 1 aliphatic rings. The number of rotatable bonds is 4. The molecule has 0 bridgehead atoms. The van der Waals surface area contributed by atoms with Crippen molar-refractivity contribution in [3.63, 3.8) is 0 Å². The second-order valence-electron chi connectivity index (χ2n) is 6.16. The van der Waals surface area contributed by atoms with E-state index in [1.807, 2.05) is 12.1 Å². The molecule has 1 heterocycles. The maximum atomic E-state index is 5.78. The van der Waals surface area contributed by atoms with Gasteiger partial charge in [-0.2, -0.15) is 4.98 Å². The van der Waals surface area contributed by atoms with Gasteiger partial charge in [0.1, 0.15) is 0 Å². The van der Waals surface area contributed by atoms with Gasteiger partial charge >= 0.3 is 0 Å². The van der Waals surface area contributed by atoms with Crippen LogP contribution in [0.3, 0.4) is 0 Å². The molecule has 1 fully saturated rings. The van der Waals surface area contributed by atoms with Gasteiger partial charge in [-0.25, -0.2) is 0 Å². The molecule has 4 heteroatoms. The minimum absolute atomic E-state index is 0.469. The number of nitrogens with two attached hydrogens (primary N) is 1. The fourth-order valence-electron chi connectivity index (χ4n) is 3.27. The Balaban J connectivity index is 1.73. The Hall–Kier alpha value is -1.68. The van der Waals surface area contributed by atoms with E-state index in [2.05, 4.69) is 29.2 Å². The van der Waals surface area contributed by atoms with Crippen LogP contribution >= 0.6 is 0 Å². The zero-order valence-electron chi connectivity index (χ0n) is 12.6. The highest BCUT2D eigenvalue weighted by molar-refractivity contribution is 5.29. The van der Waals surface area contributed by atoms with E-state index in [1.54, 1.807) is 0 Å². The van der Waals surface area contributed by atoms with E-state index < -0.39 is 0 Å². The minimum atomic E-state index is 0.469. The highest BCUT2D eigenvalue weighted by Gasteiger charge is 2.24. The Morgan fingerprint density at radius 1 is 1.24 bits per heavy atom. The summed E-state index contributed by atoms with van der Waals surface area (Å²) in [7, 11) is 0. The van der Waals surface area contributed by atoms with Gasteiger partial charge in [-0.15, -0.1) is 0 Å². The summed E-state index contributed by atoms with van der Waals surface area (Å²) < 4.78 is 5.45. The van der Waals surface area contributed by atoms with Crippen LogP contribution in [0.15, 0.2) is 28.8 Å². The summed E-state index contributed by atoms with van der Waals surface area (Å²) in [6, 6.07) is 8.16. The number of hydrogen-bond donors (Lipinski definition) is 1. The molecule has 0 aliphatic heterocycles. The molecular formula is C17H23N3O. The molecule has 3 rings (SSSR count). The second-order valence-corrected chi connectivity index (χ2v) is 6.16. The number of nitrogens with zero attached hydrogens (tertiary/aromatic N) is 2. The van der Waals surface area contributed by atoms with Crippen LogP contribution in [0.1, 0.15) is 61.4 Å². The lowest BCUT2D eigenvalue weighted by atomic mass is 9.82. The fourth-order valence-corrected chi connectivity index (χ4v) is 3.27. The molecule has 2 unspecified atom stereocenters. The molecule has 0 radical (unpaired) electrons. The molecule has 2 N–H and O–H groups in total. The van der Waals surface area contributed by atoms with Gasteiger partial charge < -0.3 is 10.3 Å². The van der Waals surface area contributed by atoms with Crippen LogP contribution in [0.2, 0.25) is 0 Å². The van der Waals surface area contributed by atoms with Gasteiger partial charge in [-0.1, -0.05) is 49.2 Å². The van der Waals surface area contributed by atoms with Crippen molar-refractivity contribution in [2.24, 2.45) is 11.7 Å². The van der Waals surface area contributed by atoms with Crippen molar-refractivity contribution in [1.82, 2.24) is 10.1 Å². The van der Waals surface area contributed by atoms with Gasteiger partial charge in [0.2, 0.25) is 5.89 Å². The first-order chi connectivity index (χ1) is 10.3. The van der Waals surface area contributed by atoms with E-state index in [9.17, 15) is 0 Å². The summed E-state index contributed by atoms with van der Waals surface area (Å²) in [5, 5.41) is 4.21. The summed E-state index contributed by atoms with van der Waals surface area (Å²) in [5.41, 5.74) is 8.09. The number of aromatic nitrogens is 2. The summed E-state index contributed by atoms with van der Waals surface area (Å²) in [6.07, 6.45) is 5.63. The Kier molecular flexibility index (Phi) is 4.34. The van der Waals surface area contributed by atoms with Crippen molar-refractivity contribution in [2.45, 2.75) is 51.5 Å². The molecule has 2 atom stereocenters. The lowest BCUT2D eigenvalue weighted by Gasteiger charge is -2.23. The Labute approximate surface area is 125 Å². The SMILES string of the molecule is CC1CCCC(c2noc(Cc3ccccc3CN)n2)C1. The van der Waals surface area contributed by atoms with Gasteiger partial charge in [0.05, 0.1) is 6.42 Å². The Morgan fingerprint density at radius 3 is 2.81 bits per heavy atom. The lowest BCUT2D eigenvalue weighted by molar-refractivity contribution is 0.320. The van der Waals surface area contributed by atoms with Gasteiger partial charge in [-0.3, -0.25) is 0 Å². The van der Waals surface area contributed by atoms with Gasteiger partial charge in [0.25, 0.3) is 0 Å². The van der Waals surface area contributed by atoms with Crippen LogP contribution in [0.25, 0.3) is 0 Å². The average molecular weight is 285 g/mol. The van der Waals surface area contributed by atoms with Crippen LogP contribution < -0.4 is 5.73 Å². The molecule has 1 aromatic heterocycles. The molecular weight excluding hydrogens is 262 g/mol. The molecule has 0 spiro atoms. The average Bonchev–Trinajstić information content (AvgIpc) is 2.96. The smallest absolute Gasteiger partial charge is 0.231 e. The van der Waals surface area contributed by atoms with Gasteiger partial charge in [0, 0.05) is 12.5 Å². The van der Waals surface area contributed by atoms with Crippen molar-refractivity contribution in [1.29, 1.82) is 0 Å². The van der Waals surface area contributed by atoms with Gasteiger partial charge in [-0.05, 0) is 29.9 Å². The highest BCUT2D eigenvalue weighted by atomic mass is 16.5. The number of benzene rings is 1. The third-order valence-corrected chi connectivity index (χ3v) is 4.47. The topological polar surface area (TPSA) is 64.9 Å². The van der Waals surface area contributed by atoms with Crippen LogP contribution in [0.5, 0.6) is 0 Å². The normalized spacial score (nSPS) is 22.4. The monoisotopic (exact) mass is 285 g/mol. The van der Waals surface area contributed by atoms with E-state index in [4.69, 9.17) is 10.3 Å².